The first kappa shape index (κ1) is 18.6. The van der Waals surface area contributed by atoms with E-state index >= 15 is 0 Å². The van der Waals surface area contributed by atoms with Crippen molar-refractivity contribution in [1.29, 1.82) is 0 Å². The van der Waals surface area contributed by atoms with Crippen molar-refractivity contribution < 1.29 is 20.1 Å². The summed E-state index contributed by atoms with van der Waals surface area (Å²) >= 11 is 0. The summed E-state index contributed by atoms with van der Waals surface area (Å²) in [5.41, 5.74) is 0. The van der Waals surface area contributed by atoms with Crippen LogP contribution in [0.25, 0.3) is 0 Å². The number of aliphatic hydroxyl groups is 3. The van der Waals surface area contributed by atoms with E-state index in [9.17, 15) is 0 Å². The Labute approximate surface area is 81.2 Å². The van der Waals surface area contributed by atoms with Crippen LogP contribution >= 0.6 is 0 Å². The summed E-state index contributed by atoms with van der Waals surface area (Å²) in [4.78, 5) is 0. The van der Waals surface area contributed by atoms with Crippen molar-refractivity contribution in [1.82, 2.24) is 0 Å². The molecule has 0 aliphatic rings. The molecule has 0 aliphatic carbocycles. The number of hydrogen-bond donors (Lipinski definition) is 3. The molecule has 0 saturated heterocycles. The molecule has 0 aromatic carbocycles. The molecule has 0 aliphatic heterocycles. The lowest BCUT2D eigenvalue weighted by Gasteiger charge is -1.96. The SMILES string of the molecule is CCCC.COC.OCC(O)CO. The molecule has 0 bridgehead atoms. The van der Waals surface area contributed by atoms with Crippen LogP contribution in [0.3, 0.4) is 0 Å². The second-order valence-electron chi connectivity index (χ2n) is 2.43. The number of hydrogen-bond acceptors (Lipinski definition) is 4. The van der Waals surface area contributed by atoms with Crippen LogP contribution in [0.15, 0.2) is 0 Å². The van der Waals surface area contributed by atoms with Gasteiger partial charge < -0.3 is 20.1 Å². The Morgan fingerprint density at radius 3 is 1.23 bits per heavy atom. The molecule has 0 spiro atoms. The van der Waals surface area contributed by atoms with E-state index in [1.165, 1.54) is 12.8 Å². The number of unbranched alkanes of at least 4 members (excludes halogenated alkanes) is 1. The van der Waals surface area contributed by atoms with Crippen LogP contribution in [0.2, 0.25) is 0 Å². The summed E-state index contributed by atoms with van der Waals surface area (Å²) in [6.45, 7) is 3.63. The zero-order chi connectivity index (χ0) is 11.1. The van der Waals surface area contributed by atoms with E-state index in [0.29, 0.717) is 0 Å². The van der Waals surface area contributed by atoms with Gasteiger partial charge in [-0.3, -0.25) is 0 Å². The smallest absolute Gasteiger partial charge is 0.100 e. The quantitative estimate of drug-likeness (QED) is 0.611. The molecule has 13 heavy (non-hydrogen) atoms. The van der Waals surface area contributed by atoms with E-state index in [1.807, 2.05) is 0 Å². The molecule has 0 aromatic heterocycles. The fourth-order valence-corrected chi connectivity index (χ4v) is 0.0577. The van der Waals surface area contributed by atoms with Crippen LogP contribution in [-0.4, -0.2) is 48.9 Å². The first-order valence-corrected chi connectivity index (χ1v) is 4.44. The molecular formula is C9H24O4. The molecule has 84 valence electrons. The van der Waals surface area contributed by atoms with Crippen molar-refractivity contribution in [3.05, 3.63) is 0 Å². The van der Waals surface area contributed by atoms with Gasteiger partial charge in [-0.1, -0.05) is 26.7 Å². The van der Waals surface area contributed by atoms with Crippen LogP contribution in [0.5, 0.6) is 0 Å². The first-order valence-electron chi connectivity index (χ1n) is 4.44. The van der Waals surface area contributed by atoms with E-state index in [1.54, 1.807) is 14.2 Å². The summed E-state index contributed by atoms with van der Waals surface area (Å²) in [5.74, 6) is 0. The maximum Gasteiger partial charge on any atom is 0.100 e. The third-order valence-electron chi connectivity index (χ3n) is 0.921. The van der Waals surface area contributed by atoms with Gasteiger partial charge in [0, 0.05) is 14.2 Å². The second-order valence-corrected chi connectivity index (χ2v) is 2.43. The van der Waals surface area contributed by atoms with Crippen molar-refractivity contribution in [3.8, 4) is 0 Å². The van der Waals surface area contributed by atoms with Crippen molar-refractivity contribution in [2.75, 3.05) is 27.4 Å². The Hall–Kier alpha value is -0.160. The molecule has 0 heterocycles. The van der Waals surface area contributed by atoms with Crippen LogP contribution in [-0.2, 0) is 4.74 Å². The fourth-order valence-electron chi connectivity index (χ4n) is 0.0577. The van der Waals surface area contributed by atoms with Gasteiger partial charge in [-0.2, -0.15) is 0 Å². The molecule has 0 fully saturated rings. The fraction of sp³-hybridized carbons (Fsp3) is 1.00. The van der Waals surface area contributed by atoms with E-state index in [4.69, 9.17) is 15.3 Å². The second kappa shape index (κ2) is 22.6. The van der Waals surface area contributed by atoms with E-state index in [2.05, 4.69) is 18.6 Å². The van der Waals surface area contributed by atoms with Crippen LogP contribution in [0, 0.1) is 0 Å². The Balaban J connectivity index is -0.000000125. The van der Waals surface area contributed by atoms with Gasteiger partial charge in [-0.15, -0.1) is 0 Å². The van der Waals surface area contributed by atoms with E-state index in [-0.39, 0.29) is 13.2 Å². The Bertz CT molecular complexity index is 53.6. The summed E-state index contributed by atoms with van der Waals surface area (Å²) in [6, 6.07) is 0. The van der Waals surface area contributed by atoms with E-state index < -0.39 is 6.10 Å². The van der Waals surface area contributed by atoms with Gasteiger partial charge >= 0.3 is 0 Å². The zero-order valence-corrected chi connectivity index (χ0v) is 9.16. The molecule has 4 nitrogen and oxygen atoms in total. The van der Waals surface area contributed by atoms with Gasteiger partial charge in [0.15, 0.2) is 0 Å². The third-order valence-corrected chi connectivity index (χ3v) is 0.921. The monoisotopic (exact) mass is 196 g/mol. The van der Waals surface area contributed by atoms with Crippen LogP contribution in [0.4, 0.5) is 0 Å². The normalized spacial score (nSPS) is 8.31. The number of methoxy groups -OCH3 is 1. The van der Waals surface area contributed by atoms with Gasteiger partial charge in [0.2, 0.25) is 0 Å². The van der Waals surface area contributed by atoms with Crippen molar-refractivity contribution in [3.63, 3.8) is 0 Å². The maximum absolute atomic E-state index is 8.17. The molecular weight excluding hydrogens is 172 g/mol. The standard InChI is InChI=1S/C4H10.C3H8O3.C2H6O/c1-3-4-2;4-1-3(6)2-5;1-3-2/h3-4H2,1-2H3;3-6H,1-2H2;1-2H3. The highest BCUT2D eigenvalue weighted by Gasteiger charge is 1.93. The summed E-state index contributed by atoms with van der Waals surface area (Å²) in [7, 11) is 3.25. The highest BCUT2D eigenvalue weighted by atomic mass is 16.4. The molecule has 0 atom stereocenters. The highest BCUT2D eigenvalue weighted by molar-refractivity contribution is 4.43. The van der Waals surface area contributed by atoms with Crippen LogP contribution < -0.4 is 0 Å². The van der Waals surface area contributed by atoms with Crippen molar-refractivity contribution >= 4 is 0 Å². The lowest BCUT2D eigenvalue weighted by molar-refractivity contribution is 0.0450. The highest BCUT2D eigenvalue weighted by Crippen LogP contribution is 1.76. The average Bonchev–Trinajstić information content (AvgIpc) is 2.18. The van der Waals surface area contributed by atoms with Crippen molar-refractivity contribution in [2.24, 2.45) is 0 Å². The Kier molecular flexibility index (Phi) is 32.4. The topological polar surface area (TPSA) is 69.9 Å². The van der Waals surface area contributed by atoms with Crippen LogP contribution in [0.1, 0.15) is 26.7 Å². The zero-order valence-electron chi connectivity index (χ0n) is 9.16. The molecule has 3 N–H and O–H groups in total. The predicted octanol–water partition coefficient (Wildman–Crippen LogP) is 0.401. The Morgan fingerprint density at radius 2 is 1.23 bits per heavy atom. The maximum atomic E-state index is 8.17. The number of rotatable bonds is 3. The van der Waals surface area contributed by atoms with Crippen molar-refractivity contribution in [2.45, 2.75) is 32.8 Å². The van der Waals surface area contributed by atoms with Gasteiger partial charge in [-0.25, -0.2) is 0 Å². The molecule has 0 unspecified atom stereocenters. The summed E-state index contributed by atoms with van der Waals surface area (Å²) in [5, 5.41) is 24.0. The third kappa shape index (κ3) is 48.9. The molecule has 0 radical (unpaired) electrons. The average molecular weight is 196 g/mol. The lowest BCUT2D eigenvalue weighted by Crippen LogP contribution is -2.15. The molecule has 0 aromatic rings. The predicted molar refractivity (Wildman–Crippen MR) is 53.7 cm³/mol. The minimum Gasteiger partial charge on any atom is -0.394 e. The largest absolute Gasteiger partial charge is 0.394 e. The van der Waals surface area contributed by atoms with Gasteiger partial charge in [-0.05, 0) is 0 Å². The van der Waals surface area contributed by atoms with E-state index in [0.717, 1.165) is 0 Å². The molecule has 0 amide bonds. The number of aliphatic hydroxyl groups excluding tert-OH is 3. The number of ether oxygens (including phenoxy) is 1. The van der Waals surface area contributed by atoms with Gasteiger partial charge in [0.1, 0.15) is 6.10 Å². The van der Waals surface area contributed by atoms with Gasteiger partial charge in [0.25, 0.3) is 0 Å². The molecule has 0 saturated carbocycles. The summed E-state index contributed by atoms with van der Waals surface area (Å²) in [6.07, 6.45) is 1.69. The molecule has 0 rings (SSSR count). The van der Waals surface area contributed by atoms with Gasteiger partial charge in [0.05, 0.1) is 13.2 Å². The molecule has 4 heteroatoms. The summed E-state index contributed by atoms with van der Waals surface area (Å²) < 4.78 is 4.25. The minimum atomic E-state index is -0.954. The Morgan fingerprint density at radius 1 is 1.00 bits per heavy atom. The first-order chi connectivity index (χ1) is 6.14. The lowest BCUT2D eigenvalue weighted by atomic mass is 10.4. The minimum absolute atomic E-state index is 0.365.